The molecule has 0 unspecified atom stereocenters. The van der Waals surface area contributed by atoms with E-state index in [9.17, 15) is 0 Å². The normalized spacial score (nSPS) is 9.95. The Hall–Kier alpha value is -2.61. The van der Waals surface area contributed by atoms with Crippen molar-refractivity contribution in [2.24, 2.45) is 0 Å². The molecule has 2 rings (SSSR count). The molecule has 1 heterocycles. The summed E-state index contributed by atoms with van der Waals surface area (Å²) in [4.78, 5) is 9.99. The number of nitriles is 1. The Kier molecular flexibility index (Phi) is 3.85. The molecule has 0 saturated heterocycles. The number of anilines is 3. The van der Waals surface area contributed by atoms with Crippen molar-refractivity contribution in [3.8, 4) is 6.19 Å². The number of rotatable bonds is 3. The van der Waals surface area contributed by atoms with Crippen molar-refractivity contribution in [1.82, 2.24) is 9.97 Å². The summed E-state index contributed by atoms with van der Waals surface area (Å²) in [5.74, 6) is 1.88. The summed E-state index contributed by atoms with van der Waals surface area (Å²) in [5, 5.41) is 12.2. The molecule has 1 aromatic heterocycles. The highest BCUT2D eigenvalue weighted by Gasteiger charge is 2.07. The summed E-state index contributed by atoms with van der Waals surface area (Å²) >= 11 is 0. The molecule has 0 spiro atoms. The quantitative estimate of drug-likeness (QED) is 0.684. The Morgan fingerprint density at radius 2 is 1.90 bits per heavy atom. The summed E-state index contributed by atoms with van der Waals surface area (Å²) in [7, 11) is 1.67. The Balaban J connectivity index is 2.34. The first kappa shape index (κ1) is 13.8. The van der Waals surface area contributed by atoms with E-state index in [0.29, 0.717) is 17.5 Å². The lowest BCUT2D eigenvalue weighted by Gasteiger charge is -2.13. The van der Waals surface area contributed by atoms with Crippen LogP contribution in [0.5, 0.6) is 0 Å². The Bertz CT molecular complexity index is 672. The van der Waals surface area contributed by atoms with Crippen LogP contribution in [0, 0.1) is 32.2 Å². The number of nitrogens with zero attached hydrogens (tertiary/aromatic N) is 4. The molecule has 0 saturated carbocycles. The molecular formula is C15H17N5. The highest BCUT2D eigenvalue weighted by Crippen LogP contribution is 2.22. The van der Waals surface area contributed by atoms with Crippen LogP contribution in [0.2, 0.25) is 0 Å². The Morgan fingerprint density at radius 3 is 2.55 bits per heavy atom. The van der Waals surface area contributed by atoms with E-state index >= 15 is 0 Å². The lowest BCUT2D eigenvalue weighted by atomic mass is 10.1. The number of aromatic nitrogens is 2. The molecule has 102 valence electrons. The summed E-state index contributed by atoms with van der Waals surface area (Å²) in [6.45, 7) is 5.92. The van der Waals surface area contributed by atoms with Crippen LogP contribution in [0.1, 0.15) is 17.0 Å². The van der Waals surface area contributed by atoms with Crippen LogP contribution >= 0.6 is 0 Å². The van der Waals surface area contributed by atoms with Crippen molar-refractivity contribution in [3.05, 3.63) is 41.2 Å². The molecule has 0 aliphatic heterocycles. The first-order valence-electron chi connectivity index (χ1n) is 6.33. The van der Waals surface area contributed by atoms with Gasteiger partial charge in [0.05, 0.1) is 0 Å². The molecular weight excluding hydrogens is 250 g/mol. The van der Waals surface area contributed by atoms with E-state index in [2.05, 4.69) is 28.3 Å². The van der Waals surface area contributed by atoms with Gasteiger partial charge in [0.15, 0.2) is 6.19 Å². The van der Waals surface area contributed by atoms with Gasteiger partial charge in [0.1, 0.15) is 17.5 Å². The van der Waals surface area contributed by atoms with Gasteiger partial charge < -0.3 is 5.32 Å². The van der Waals surface area contributed by atoms with Gasteiger partial charge in [-0.25, -0.2) is 9.97 Å². The molecule has 0 bridgehead atoms. The third-order valence-corrected chi connectivity index (χ3v) is 2.96. The molecule has 2 aromatic rings. The zero-order valence-electron chi connectivity index (χ0n) is 12.1. The minimum atomic E-state index is 0.576. The van der Waals surface area contributed by atoms with Crippen molar-refractivity contribution < 1.29 is 0 Å². The maximum absolute atomic E-state index is 8.93. The van der Waals surface area contributed by atoms with Crippen LogP contribution < -0.4 is 10.2 Å². The molecule has 0 fully saturated rings. The standard InChI is InChI=1S/C15H17N5/c1-10-5-6-13(11(2)7-10)19-14-8-15(20(4)9-16)18-12(3)17-14/h5-8H,1-4H3,(H,17,18,19). The van der Waals surface area contributed by atoms with E-state index < -0.39 is 0 Å². The minimum absolute atomic E-state index is 0.576. The number of benzene rings is 1. The van der Waals surface area contributed by atoms with Gasteiger partial charge >= 0.3 is 0 Å². The third kappa shape index (κ3) is 3.04. The molecule has 0 atom stereocenters. The fourth-order valence-corrected chi connectivity index (χ4v) is 1.93. The van der Waals surface area contributed by atoms with Crippen molar-refractivity contribution >= 4 is 17.3 Å². The molecule has 0 amide bonds. The van der Waals surface area contributed by atoms with Crippen molar-refractivity contribution in [2.75, 3.05) is 17.3 Å². The molecule has 0 aliphatic rings. The van der Waals surface area contributed by atoms with Crippen molar-refractivity contribution in [3.63, 3.8) is 0 Å². The average Bonchev–Trinajstić information content (AvgIpc) is 2.40. The number of aryl methyl sites for hydroxylation is 3. The largest absolute Gasteiger partial charge is 0.340 e. The van der Waals surface area contributed by atoms with E-state index in [4.69, 9.17) is 5.26 Å². The monoisotopic (exact) mass is 267 g/mol. The van der Waals surface area contributed by atoms with E-state index in [-0.39, 0.29) is 0 Å². The van der Waals surface area contributed by atoms with Crippen LogP contribution in [0.15, 0.2) is 24.3 Å². The maximum Gasteiger partial charge on any atom is 0.185 e. The Labute approximate surface area is 118 Å². The van der Waals surface area contributed by atoms with Crippen LogP contribution in [-0.2, 0) is 0 Å². The van der Waals surface area contributed by atoms with Gasteiger partial charge in [0.2, 0.25) is 0 Å². The van der Waals surface area contributed by atoms with Gasteiger partial charge in [-0.3, -0.25) is 4.90 Å². The first-order valence-corrected chi connectivity index (χ1v) is 6.33. The van der Waals surface area contributed by atoms with Gasteiger partial charge in [0, 0.05) is 18.8 Å². The molecule has 20 heavy (non-hydrogen) atoms. The van der Waals surface area contributed by atoms with E-state index in [1.165, 1.54) is 10.5 Å². The SMILES string of the molecule is Cc1ccc(Nc2cc(N(C)C#N)nc(C)n2)c(C)c1. The topological polar surface area (TPSA) is 64.8 Å². The molecule has 1 N–H and O–H groups in total. The maximum atomic E-state index is 8.93. The second-order valence-electron chi connectivity index (χ2n) is 4.76. The number of hydrogen-bond donors (Lipinski definition) is 1. The lowest BCUT2D eigenvalue weighted by Crippen LogP contribution is -2.12. The van der Waals surface area contributed by atoms with Gasteiger partial charge in [-0.05, 0) is 32.4 Å². The van der Waals surface area contributed by atoms with Gasteiger partial charge in [-0.1, -0.05) is 17.7 Å². The smallest absolute Gasteiger partial charge is 0.185 e. The minimum Gasteiger partial charge on any atom is -0.340 e. The summed E-state index contributed by atoms with van der Waals surface area (Å²) in [6, 6.07) is 7.94. The molecule has 0 radical (unpaired) electrons. The fraction of sp³-hybridized carbons (Fsp3) is 0.267. The van der Waals surface area contributed by atoms with Crippen LogP contribution in [-0.4, -0.2) is 17.0 Å². The second kappa shape index (κ2) is 5.57. The summed E-state index contributed by atoms with van der Waals surface area (Å²) < 4.78 is 0. The zero-order chi connectivity index (χ0) is 14.7. The lowest BCUT2D eigenvalue weighted by molar-refractivity contribution is 1.02. The third-order valence-electron chi connectivity index (χ3n) is 2.96. The Morgan fingerprint density at radius 1 is 1.15 bits per heavy atom. The van der Waals surface area contributed by atoms with Gasteiger partial charge in [-0.2, -0.15) is 5.26 Å². The summed E-state index contributed by atoms with van der Waals surface area (Å²) in [6.07, 6.45) is 2.03. The zero-order valence-corrected chi connectivity index (χ0v) is 12.1. The van der Waals surface area contributed by atoms with E-state index in [1.54, 1.807) is 13.1 Å². The van der Waals surface area contributed by atoms with Gasteiger partial charge in [0.25, 0.3) is 0 Å². The number of hydrogen-bond acceptors (Lipinski definition) is 5. The van der Waals surface area contributed by atoms with Gasteiger partial charge in [-0.15, -0.1) is 0 Å². The van der Waals surface area contributed by atoms with Crippen LogP contribution in [0.3, 0.4) is 0 Å². The predicted octanol–water partition coefficient (Wildman–Crippen LogP) is 3.06. The average molecular weight is 267 g/mol. The van der Waals surface area contributed by atoms with Crippen LogP contribution in [0.25, 0.3) is 0 Å². The van der Waals surface area contributed by atoms with E-state index in [1.807, 2.05) is 32.2 Å². The highest BCUT2D eigenvalue weighted by atomic mass is 15.2. The van der Waals surface area contributed by atoms with Crippen molar-refractivity contribution in [1.29, 1.82) is 5.26 Å². The fourth-order valence-electron chi connectivity index (χ4n) is 1.93. The first-order chi connectivity index (χ1) is 9.49. The molecule has 1 aromatic carbocycles. The molecule has 5 heteroatoms. The second-order valence-corrected chi connectivity index (χ2v) is 4.76. The molecule has 5 nitrogen and oxygen atoms in total. The predicted molar refractivity (Wildman–Crippen MR) is 80.0 cm³/mol. The molecule has 0 aliphatic carbocycles. The van der Waals surface area contributed by atoms with Crippen LogP contribution in [0.4, 0.5) is 17.3 Å². The summed E-state index contributed by atoms with van der Waals surface area (Å²) in [5.41, 5.74) is 3.37. The number of nitrogens with one attached hydrogen (secondary N) is 1. The highest BCUT2D eigenvalue weighted by molar-refractivity contribution is 5.63. The van der Waals surface area contributed by atoms with Crippen molar-refractivity contribution in [2.45, 2.75) is 20.8 Å². The van der Waals surface area contributed by atoms with E-state index in [0.717, 1.165) is 11.3 Å².